The molecule has 0 saturated carbocycles. The second-order valence-electron chi connectivity index (χ2n) is 4.10. The van der Waals surface area contributed by atoms with Gasteiger partial charge in [-0.3, -0.25) is 0 Å². The monoisotopic (exact) mass is 300 g/mol. The summed E-state index contributed by atoms with van der Waals surface area (Å²) >= 11 is 3.40. The van der Waals surface area contributed by atoms with Gasteiger partial charge in [0.1, 0.15) is 5.75 Å². The molecule has 0 aliphatic carbocycles. The van der Waals surface area contributed by atoms with E-state index in [1.165, 1.54) is 0 Å². The maximum Gasteiger partial charge on any atom is 0.344 e. The van der Waals surface area contributed by atoms with E-state index in [0.29, 0.717) is 12.2 Å². The molecule has 0 amide bonds. The molecule has 1 N–H and O–H groups in total. The molecule has 0 radical (unpaired) electrons. The maximum atomic E-state index is 11.0. The molecule has 1 rings (SSSR count). The van der Waals surface area contributed by atoms with Crippen molar-refractivity contribution in [2.45, 2.75) is 39.7 Å². The van der Waals surface area contributed by atoms with Crippen molar-refractivity contribution in [3.05, 3.63) is 27.7 Å². The van der Waals surface area contributed by atoms with Crippen LogP contribution in [0.25, 0.3) is 0 Å². The van der Waals surface area contributed by atoms with Gasteiger partial charge in [0.2, 0.25) is 0 Å². The highest BCUT2D eigenvalue weighted by Gasteiger charge is 2.20. The van der Waals surface area contributed by atoms with E-state index in [4.69, 9.17) is 9.84 Å². The summed E-state index contributed by atoms with van der Waals surface area (Å²) in [4.78, 5) is 11.0. The molecule has 17 heavy (non-hydrogen) atoms. The van der Waals surface area contributed by atoms with Crippen molar-refractivity contribution < 1.29 is 14.6 Å². The molecule has 0 fully saturated rings. The molecule has 1 aromatic rings. The molecular formula is C13H17BrO3. The van der Waals surface area contributed by atoms with Crippen molar-refractivity contribution >= 4 is 21.9 Å². The average Bonchev–Trinajstić information content (AvgIpc) is 2.21. The lowest BCUT2D eigenvalue weighted by Gasteiger charge is -2.18. The number of aliphatic carboxylic acids is 1. The molecular weight excluding hydrogens is 284 g/mol. The smallest absolute Gasteiger partial charge is 0.344 e. The summed E-state index contributed by atoms with van der Waals surface area (Å²) in [5, 5.41) is 9.07. The summed E-state index contributed by atoms with van der Waals surface area (Å²) in [6, 6.07) is 3.85. The van der Waals surface area contributed by atoms with Crippen LogP contribution < -0.4 is 4.74 Å². The van der Waals surface area contributed by atoms with E-state index in [-0.39, 0.29) is 0 Å². The number of hydrogen-bond donors (Lipinski definition) is 1. The maximum absolute atomic E-state index is 11.0. The minimum atomic E-state index is -0.909. The highest BCUT2D eigenvalue weighted by Crippen LogP contribution is 2.28. The normalized spacial score (nSPS) is 12.2. The first kappa shape index (κ1) is 14.0. The van der Waals surface area contributed by atoms with E-state index in [2.05, 4.69) is 15.9 Å². The molecule has 0 aliphatic rings. The quantitative estimate of drug-likeness (QED) is 0.902. The number of carbonyl (C=O) groups is 1. The lowest BCUT2D eigenvalue weighted by molar-refractivity contribution is -0.145. The Morgan fingerprint density at radius 2 is 1.94 bits per heavy atom. The van der Waals surface area contributed by atoms with Crippen LogP contribution >= 0.6 is 15.9 Å². The second kappa shape index (κ2) is 6.05. The Morgan fingerprint density at radius 1 is 1.41 bits per heavy atom. The van der Waals surface area contributed by atoms with E-state index in [1.54, 1.807) is 0 Å². The number of carboxylic acids is 1. The zero-order valence-corrected chi connectivity index (χ0v) is 11.9. The van der Waals surface area contributed by atoms with Crippen LogP contribution in [0, 0.1) is 13.8 Å². The fourth-order valence-corrected chi connectivity index (χ4v) is 2.41. The van der Waals surface area contributed by atoms with E-state index < -0.39 is 12.1 Å². The van der Waals surface area contributed by atoms with Crippen LogP contribution in [0.15, 0.2) is 16.6 Å². The zero-order valence-electron chi connectivity index (χ0n) is 10.3. The third-order valence-corrected chi connectivity index (χ3v) is 2.97. The molecule has 0 aliphatic heterocycles. The topological polar surface area (TPSA) is 46.5 Å². The fourth-order valence-electron chi connectivity index (χ4n) is 1.72. The van der Waals surface area contributed by atoms with Crippen LogP contribution in [0.1, 0.15) is 30.9 Å². The summed E-state index contributed by atoms with van der Waals surface area (Å²) in [6.07, 6.45) is 0.536. The van der Waals surface area contributed by atoms with Crippen LogP contribution in [0.2, 0.25) is 0 Å². The summed E-state index contributed by atoms with van der Waals surface area (Å²) in [7, 11) is 0. The van der Waals surface area contributed by atoms with Gasteiger partial charge in [-0.15, -0.1) is 0 Å². The largest absolute Gasteiger partial charge is 0.479 e. The molecule has 0 spiro atoms. The number of rotatable bonds is 5. The predicted molar refractivity (Wildman–Crippen MR) is 70.6 cm³/mol. The van der Waals surface area contributed by atoms with Gasteiger partial charge in [-0.1, -0.05) is 29.3 Å². The number of halogens is 1. The molecule has 1 unspecified atom stereocenters. The molecule has 4 heteroatoms. The minimum absolute atomic E-state index is 0.518. The highest BCUT2D eigenvalue weighted by molar-refractivity contribution is 9.10. The molecule has 1 aromatic carbocycles. The Kier molecular flexibility index (Phi) is 5.00. The van der Waals surface area contributed by atoms with E-state index in [1.807, 2.05) is 32.9 Å². The van der Waals surface area contributed by atoms with Crippen LogP contribution in [0.5, 0.6) is 5.75 Å². The predicted octanol–water partition coefficient (Wildman–Crippen LogP) is 3.70. The van der Waals surface area contributed by atoms with Gasteiger partial charge in [0.25, 0.3) is 0 Å². The molecule has 0 saturated heterocycles. The van der Waals surface area contributed by atoms with Crippen molar-refractivity contribution in [1.29, 1.82) is 0 Å². The summed E-state index contributed by atoms with van der Waals surface area (Å²) in [5.74, 6) is -0.234. The molecule has 94 valence electrons. The number of benzene rings is 1. The summed E-state index contributed by atoms with van der Waals surface area (Å²) in [6.45, 7) is 5.77. The summed E-state index contributed by atoms with van der Waals surface area (Å²) < 4.78 is 6.59. The lowest BCUT2D eigenvalue weighted by Crippen LogP contribution is -2.27. The first-order chi connectivity index (χ1) is 7.95. The van der Waals surface area contributed by atoms with Crippen molar-refractivity contribution in [2.24, 2.45) is 0 Å². The van der Waals surface area contributed by atoms with E-state index in [0.717, 1.165) is 22.0 Å². The van der Waals surface area contributed by atoms with Crippen molar-refractivity contribution in [3.8, 4) is 5.75 Å². The van der Waals surface area contributed by atoms with E-state index >= 15 is 0 Å². The van der Waals surface area contributed by atoms with Gasteiger partial charge in [-0.05, 0) is 43.5 Å². The molecule has 0 bridgehead atoms. The number of carboxylic acid groups (broad SMARTS) is 1. The van der Waals surface area contributed by atoms with Crippen LogP contribution in [-0.2, 0) is 4.79 Å². The molecule has 0 heterocycles. The Balaban J connectivity index is 2.97. The van der Waals surface area contributed by atoms with Crippen LogP contribution in [0.4, 0.5) is 0 Å². The van der Waals surface area contributed by atoms with Gasteiger partial charge in [0, 0.05) is 4.47 Å². The van der Waals surface area contributed by atoms with Gasteiger partial charge < -0.3 is 9.84 Å². The van der Waals surface area contributed by atoms with Gasteiger partial charge >= 0.3 is 5.97 Å². The molecule has 3 nitrogen and oxygen atoms in total. The fraction of sp³-hybridized carbons (Fsp3) is 0.462. The molecule has 0 aromatic heterocycles. The van der Waals surface area contributed by atoms with Crippen molar-refractivity contribution in [1.82, 2.24) is 0 Å². The number of hydrogen-bond acceptors (Lipinski definition) is 2. The van der Waals surface area contributed by atoms with Crippen LogP contribution in [-0.4, -0.2) is 17.2 Å². The first-order valence-corrected chi connectivity index (χ1v) is 6.41. The zero-order chi connectivity index (χ0) is 13.0. The van der Waals surface area contributed by atoms with Crippen LogP contribution in [0.3, 0.4) is 0 Å². The Morgan fingerprint density at radius 3 is 2.35 bits per heavy atom. The van der Waals surface area contributed by atoms with Crippen molar-refractivity contribution in [3.63, 3.8) is 0 Å². The van der Waals surface area contributed by atoms with Gasteiger partial charge in [-0.2, -0.15) is 0 Å². The standard InChI is InChI=1S/C13H17BrO3/c1-4-5-11(13(15)16)17-12-8(2)6-10(14)7-9(12)3/h6-7,11H,4-5H2,1-3H3,(H,15,16). The minimum Gasteiger partial charge on any atom is -0.479 e. The van der Waals surface area contributed by atoms with Gasteiger partial charge in [-0.25, -0.2) is 4.79 Å². The Bertz CT molecular complexity index is 392. The average molecular weight is 301 g/mol. The second-order valence-corrected chi connectivity index (χ2v) is 5.02. The first-order valence-electron chi connectivity index (χ1n) is 5.62. The lowest BCUT2D eigenvalue weighted by atomic mass is 10.1. The van der Waals surface area contributed by atoms with E-state index in [9.17, 15) is 4.79 Å². The number of ether oxygens (including phenoxy) is 1. The third-order valence-electron chi connectivity index (χ3n) is 2.51. The third kappa shape index (κ3) is 3.73. The Hall–Kier alpha value is -1.03. The highest BCUT2D eigenvalue weighted by atomic mass is 79.9. The SMILES string of the molecule is CCCC(Oc1c(C)cc(Br)cc1C)C(=O)O. The Labute approximate surface area is 110 Å². The van der Waals surface area contributed by atoms with Gasteiger partial charge in [0.05, 0.1) is 0 Å². The van der Waals surface area contributed by atoms with Crippen molar-refractivity contribution in [2.75, 3.05) is 0 Å². The number of aryl methyl sites for hydroxylation is 2. The van der Waals surface area contributed by atoms with Gasteiger partial charge in [0.15, 0.2) is 6.10 Å². The molecule has 1 atom stereocenters. The summed E-state index contributed by atoms with van der Waals surface area (Å²) in [5.41, 5.74) is 1.89.